The Bertz CT molecular complexity index is 690. The van der Waals surface area contributed by atoms with Gasteiger partial charge in [0.05, 0.1) is 17.7 Å². The molecule has 114 valence electrons. The van der Waals surface area contributed by atoms with Crippen LogP contribution in [0.3, 0.4) is 0 Å². The highest BCUT2D eigenvalue weighted by Crippen LogP contribution is 2.25. The lowest BCUT2D eigenvalue weighted by molar-refractivity contribution is 0.464. The highest BCUT2D eigenvalue weighted by molar-refractivity contribution is 7.91. The first kappa shape index (κ1) is 15.1. The second-order valence-corrected chi connectivity index (χ2v) is 9.07. The van der Waals surface area contributed by atoms with Crippen LogP contribution in [0, 0.1) is 0 Å². The largest absolute Gasteiger partial charge is 0.310 e. The van der Waals surface area contributed by atoms with Gasteiger partial charge >= 0.3 is 0 Å². The molecule has 0 radical (unpaired) electrons. The minimum atomic E-state index is -3.43. The zero-order chi connectivity index (χ0) is 14.9. The summed E-state index contributed by atoms with van der Waals surface area (Å²) in [5.41, 5.74) is 3.52. The molecule has 0 bridgehead atoms. The van der Waals surface area contributed by atoms with E-state index in [9.17, 15) is 8.42 Å². The molecule has 0 spiro atoms. The molecule has 0 amide bonds. The van der Waals surface area contributed by atoms with Crippen LogP contribution < -0.4 is 5.32 Å². The third-order valence-corrected chi connectivity index (χ3v) is 7.24. The van der Waals surface area contributed by atoms with Crippen LogP contribution in [0.2, 0.25) is 0 Å². The highest BCUT2D eigenvalue weighted by atomic mass is 32.2. The van der Waals surface area contributed by atoms with E-state index in [0.29, 0.717) is 16.8 Å². The maximum atomic E-state index is 12.5. The second kappa shape index (κ2) is 6.13. The zero-order valence-corrected chi connectivity index (χ0v) is 14.1. The SMILES string of the molecule is CN(Cc1cscn1)S(=O)(=O)c1cc(CNC2CC2)cs1. The van der Waals surface area contributed by atoms with E-state index in [0.717, 1.165) is 17.8 Å². The van der Waals surface area contributed by atoms with Gasteiger partial charge in [-0.25, -0.2) is 13.4 Å². The molecule has 1 aliphatic carbocycles. The molecule has 0 saturated heterocycles. The molecule has 2 aromatic heterocycles. The molecule has 3 rings (SSSR count). The quantitative estimate of drug-likeness (QED) is 0.838. The van der Waals surface area contributed by atoms with Gasteiger partial charge in [-0.15, -0.1) is 22.7 Å². The Morgan fingerprint density at radius 3 is 2.90 bits per heavy atom. The van der Waals surface area contributed by atoms with Crippen LogP contribution in [0.25, 0.3) is 0 Å². The predicted octanol–water partition coefficient (Wildman–Crippen LogP) is 2.28. The molecule has 1 aliphatic rings. The lowest BCUT2D eigenvalue weighted by atomic mass is 10.3. The van der Waals surface area contributed by atoms with Crippen molar-refractivity contribution >= 4 is 32.7 Å². The Morgan fingerprint density at radius 2 is 2.24 bits per heavy atom. The van der Waals surface area contributed by atoms with Crippen molar-refractivity contribution in [2.24, 2.45) is 0 Å². The smallest absolute Gasteiger partial charge is 0.252 e. The van der Waals surface area contributed by atoms with Crippen molar-refractivity contribution in [2.75, 3.05) is 7.05 Å². The molecule has 0 atom stereocenters. The van der Waals surface area contributed by atoms with Crippen molar-refractivity contribution < 1.29 is 8.42 Å². The van der Waals surface area contributed by atoms with Gasteiger partial charge in [-0.1, -0.05) is 0 Å². The molecule has 1 saturated carbocycles. The minimum Gasteiger partial charge on any atom is -0.310 e. The lowest BCUT2D eigenvalue weighted by Gasteiger charge is -2.14. The van der Waals surface area contributed by atoms with Crippen LogP contribution in [0.5, 0.6) is 0 Å². The van der Waals surface area contributed by atoms with Crippen LogP contribution in [0.15, 0.2) is 26.5 Å². The molecule has 0 aliphatic heterocycles. The number of nitrogens with one attached hydrogen (secondary N) is 1. The fourth-order valence-electron chi connectivity index (χ4n) is 1.91. The highest BCUT2D eigenvalue weighted by Gasteiger charge is 2.24. The van der Waals surface area contributed by atoms with E-state index in [-0.39, 0.29) is 0 Å². The third kappa shape index (κ3) is 3.70. The average Bonchev–Trinajstić information content (AvgIpc) is 2.93. The van der Waals surface area contributed by atoms with Crippen molar-refractivity contribution in [1.29, 1.82) is 0 Å². The van der Waals surface area contributed by atoms with E-state index in [2.05, 4.69) is 10.3 Å². The maximum Gasteiger partial charge on any atom is 0.252 e. The summed E-state index contributed by atoms with van der Waals surface area (Å²) in [6.07, 6.45) is 2.46. The Balaban J connectivity index is 1.68. The van der Waals surface area contributed by atoms with Crippen LogP contribution in [-0.2, 0) is 23.1 Å². The van der Waals surface area contributed by atoms with Crippen molar-refractivity contribution in [3.05, 3.63) is 33.6 Å². The van der Waals surface area contributed by atoms with Crippen LogP contribution in [-0.4, -0.2) is 30.8 Å². The predicted molar refractivity (Wildman–Crippen MR) is 84.9 cm³/mol. The Morgan fingerprint density at radius 1 is 1.43 bits per heavy atom. The minimum absolute atomic E-state index is 0.305. The summed E-state index contributed by atoms with van der Waals surface area (Å²) in [4.78, 5) is 4.13. The number of rotatable bonds is 7. The fourth-order valence-corrected chi connectivity index (χ4v) is 5.02. The Hall–Kier alpha value is -0.800. The maximum absolute atomic E-state index is 12.5. The molecule has 0 unspecified atom stereocenters. The molecule has 0 aromatic carbocycles. The molecule has 2 aromatic rings. The van der Waals surface area contributed by atoms with E-state index in [4.69, 9.17) is 0 Å². The number of hydrogen-bond acceptors (Lipinski definition) is 6. The Labute approximate surface area is 132 Å². The summed E-state index contributed by atoms with van der Waals surface area (Å²) in [7, 11) is -1.83. The molecule has 1 N–H and O–H groups in total. The second-order valence-electron chi connectivity index (χ2n) is 5.17. The van der Waals surface area contributed by atoms with Crippen molar-refractivity contribution in [3.63, 3.8) is 0 Å². The first-order valence-electron chi connectivity index (χ1n) is 6.70. The molecule has 8 heteroatoms. The van der Waals surface area contributed by atoms with Gasteiger partial charge in [0, 0.05) is 25.0 Å². The fraction of sp³-hybridized carbons (Fsp3) is 0.462. The lowest BCUT2D eigenvalue weighted by Crippen LogP contribution is -2.26. The van der Waals surface area contributed by atoms with Gasteiger partial charge in [0.1, 0.15) is 4.21 Å². The van der Waals surface area contributed by atoms with Crippen molar-refractivity contribution in [2.45, 2.75) is 36.2 Å². The molecular weight excluding hydrogens is 326 g/mol. The van der Waals surface area contributed by atoms with Crippen LogP contribution in [0.1, 0.15) is 24.1 Å². The number of hydrogen-bond donors (Lipinski definition) is 1. The van der Waals surface area contributed by atoms with E-state index < -0.39 is 10.0 Å². The van der Waals surface area contributed by atoms with E-state index in [1.165, 1.54) is 39.8 Å². The van der Waals surface area contributed by atoms with Crippen molar-refractivity contribution in [3.8, 4) is 0 Å². The number of thiophene rings is 1. The molecule has 21 heavy (non-hydrogen) atoms. The van der Waals surface area contributed by atoms with Crippen LogP contribution in [0.4, 0.5) is 0 Å². The van der Waals surface area contributed by atoms with Gasteiger partial charge in [-0.3, -0.25) is 0 Å². The molecule has 1 fully saturated rings. The number of aromatic nitrogens is 1. The summed E-state index contributed by atoms with van der Waals surface area (Å²) < 4.78 is 26.8. The Kier molecular flexibility index (Phi) is 4.41. The number of sulfonamides is 1. The average molecular weight is 343 g/mol. The monoisotopic (exact) mass is 343 g/mol. The zero-order valence-electron chi connectivity index (χ0n) is 11.7. The molecule has 2 heterocycles. The van der Waals surface area contributed by atoms with Gasteiger partial charge in [0.15, 0.2) is 0 Å². The number of thiazole rings is 1. The first-order valence-corrected chi connectivity index (χ1v) is 9.96. The topological polar surface area (TPSA) is 62.3 Å². The summed E-state index contributed by atoms with van der Waals surface area (Å²) in [6.45, 7) is 1.05. The third-order valence-electron chi connectivity index (χ3n) is 3.33. The molecular formula is C13H17N3O2S3. The van der Waals surface area contributed by atoms with Gasteiger partial charge in [0.25, 0.3) is 10.0 Å². The summed E-state index contributed by atoms with van der Waals surface area (Å²) in [5.74, 6) is 0. The summed E-state index contributed by atoms with van der Waals surface area (Å²) in [6, 6.07) is 2.39. The van der Waals surface area contributed by atoms with E-state index >= 15 is 0 Å². The van der Waals surface area contributed by atoms with E-state index in [1.54, 1.807) is 18.6 Å². The van der Waals surface area contributed by atoms with Gasteiger partial charge in [-0.05, 0) is 29.9 Å². The normalized spacial score (nSPS) is 15.7. The van der Waals surface area contributed by atoms with Gasteiger partial charge in [-0.2, -0.15) is 4.31 Å². The first-order chi connectivity index (χ1) is 10.1. The van der Waals surface area contributed by atoms with Gasteiger partial charge < -0.3 is 5.32 Å². The van der Waals surface area contributed by atoms with Crippen LogP contribution >= 0.6 is 22.7 Å². The van der Waals surface area contributed by atoms with Gasteiger partial charge in [0.2, 0.25) is 0 Å². The standard InChI is InChI=1S/C13H17N3O2S3/c1-16(6-12-8-19-9-15-12)21(17,18)13-4-10(7-20-13)5-14-11-2-3-11/h4,7-9,11,14H,2-3,5-6H2,1H3. The van der Waals surface area contributed by atoms with Crippen molar-refractivity contribution in [1.82, 2.24) is 14.6 Å². The summed E-state index contributed by atoms with van der Waals surface area (Å²) >= 11 is 2.75. The molecule has 5 nitrogen and oxygen atoms in total. The van der Waals surface area contributed by atoms with E-state index in [1.807, 2.05) is 10.8 Å². The summed E-state index contributed by atoms with van der Waals surface area (Å²) in [5, 5.41) is 7.17. The number of nitrogens with zero attached hydrogens (tertiary/aromatic N) is 2.